The van der Waals surface area contributed by atoms with Gasteiger partial charge in [-0.15, -0.1) is 10.2 Å². The average molecular weight is 276 g/mol. The van der Waals surface area contributed by atoms with E-state index in [9.17, 15) is 4.79 Å². The lowest BCUT2D eigenvalue weighted by molar-refractivity contribution is 0.0742. The highest BCUT2D eigenvalue weighted by atomic mass is 32.1. The largest absolute Gasteiger partial charge is 0.459 e. The van der Waals surface area contributed by atoms with Gasteiger partial charge in [-0.3, -0.25) is 4.79 Å². The second kappa shape index (κ2) is 3.80. The van der Waals surface area contributed by atoms with Crippen LogP contribution in [0.25, 0.3) is 0 Å². The monoisotopic (exact) mass is 276 g/mol. The molecule has 1 amide bonds. The molecule has 4 rings (SSSR count). The summed E-state index contributed by atoms with van der Waals surface area (Å²) in [5.74, 6) is 0.887. The van der Waals surface area contributed by atoms with Crippen molar-refractivity contribution in [1.82, 2.24) is 15.1 Å². The van der Waals surface area contributed by atoms with Crippen LogP contribution in [-0.2, 0) is 0 Å². The van der Waals surface area contributed by atoms with Crippen LogP contribution in [0.2, 0.25) is 0 Å². The molecule has 1 aliphatic carbocycles. The van der Waals surface area contributed by atoms with Crippen molar-refractivity contribution in [3.05, 3.63) is 29.7 Å². The molecular formula is C12H12N4O2S. The Kier molecular flexibility index (Phi) is 2.20. The van der Waals surface area contributed by atoms with Gasteiger partial charge in [-0.2, -0.15) is 0 Å². The zero-order valence-electron chi connectivity index (χ0n) is 10.1. The van der Waals surface area contributed by atoms with Crippen LogP contribution in [0.4, 0.5) is 5.13 Å². The highest BCUT2D eigenvalue weighted by Gasteiger charge is 2.61. The van der Waals surface area contributed by atoms with Gasteiger partial charge in [-0.05, 0) is 18.6 Å². The normalized spacial score (nSPS) is 28.2. The number of nitrogens with one attached hydrogen (secondary N) is 1. The third-order valence-corrected chi connectivity index (χ3v) is 4.49. The van der Waals surface area contributed by atoms with Crippen LogP contribution in [0.1, 0.15) is 17.0 Å². The number of furan rings is 1. The van der Waals surface area contributed by atoms with E-state index in [1.807, 2.05) is 4.90 Å². The number of amides is 1. The van der Waals surface area contributed by atoms with E-state index in [-0.39, 0.29) is 11.4 Å². The molecule has 98 valence electrons. The van der Waals surface area contributed by atoms with Crippen LogP contribution in [0, 0.1) is 5.92 Å². The van der Waals surface area contributed by atoms with E-state index >= 15 is 0 Å². The van der Waals surface area contributed by atoms with Gasteiger partial charge in [0.25, 0.3) is 5.91 Å². The lowest BCUT2D eigenvalue weighted by Gasteiger charge is -2.20. The van der Waals surface area contributed by atoms with Crippen LogP contribution < -0.4 is 5.32 Å². The average Bonchev–Trinajstić information content (AvgIpc) is 2.96. The molecule has 1 saturated heterocycles. The van der Waals surface area contributed by atoms with E-state index < -0.39 is 0 Å². The van der Waals surface area contributed by atoms with Gasteiger partial charge in [0.05, 0.1) is 11.8 Å². The quantitative estimate of drug-likeness (QED) is 0.919. The van der Waals surface area contributed by atoms with Crippen molar-refractivity contribution < 1.29 is 9.21 Å². The maximum Gasteiger partial charge on any atom is 0.289 e. The Morgan fingerprint density at radius 2 is 2.58 bits per heavy atom. The number of rotatable bonds is 3. The summed E-state index contributed by atoms with van der Waals surface area (Å²) < 4.78 is 5.16. The number of hydrogen-bond acceptors (Lipinski definition) is 6. The first-order chi connectivity index (χ1) is 9.27. The highest BCUT2D eigenvalue weighted by molar-refractivity contribution is 7.13. The Morgan fingerprint density at radius 1 is 1.63 bits per heavy atom. The topological polar surface area (TPSA) is 71.3 Å². The van der Waals surface area contributed by atoms with Crippen molar-refractivity contribution in [2.45, 2.75) is 12.0 Å². The van der Waals surface area contributed by atoms with E-state index in [1.54, 1.807) is 17.6 Å². The molecule has 19 heavy (non-hydrogen) atoms. The standard InChI is InChI=1S/C12H12N4O2S/c17-10(9-2-1-3-18-9)16-5-8-4-12(8,6-16)14-11-15-13-7-19-11/h1-3,7-8H,4-6H2,(H,14,15)/t8-,12+/m0/s1. The van der Waals surface area contributed by atoms with E-state index in [0.29, 0.717) is 18.2 Å². The number of piperidine rings is 1. The van der Waals surface area contributed by atoms with Crippen LogP contribution in [-0.4, -0.2) is 39.6 Å². The summed E-state index contributed by atoms with van der Waals surface area (Å²) in [5, 5.41) is 12.1. The van der Waals surface area contributed by atoms with Crippen LogP contribution in [0.15, 0.2) is 28.3 Å². The van der Waals surface area contributed by atoms with Crippen molar-refractivity contribution in [2.24, 2.45) is 5.92 Å². The Bertz CT molecular complexity index is 597. The molecule has 0 spiro atoms. The van der Waals surface area contributed by atoms with Crippen molar-refractivity contribution in [3.63, 3.8) is 0 Å². The minimum absolute atomic E-state index is 0.00177. The first kappa shape index (κ1) is 11.0. The third kappa shape index (κ3) is 1.73. The smallest absolute Gasteiger partial charge is 0.289 e. The number of likely N-dealkylation sites (tertiary alicyclic amines) is 1. The van der Waals surface area contributed by atoms with Gasteiger partial charge in [0.1, 0.15) is 5.51 Å². The fourth-order valence-electron chi connectivity index (χ4n) is 2.83. The molecule has 1 aliphatic heterocycles. The van der Waals surface area contributed by atoms with E-state index in [1.165, 1.54) is 17.6 Å². The van der Waals surface area contributed by atoms with Crippen molar-refractivity contribution in [1.29, 1.82) is 0 Å². The first-order valence-corrected chi connectivity index (χ1v) is 7.02. The molecule has 0 bridgehead atoms. The Labute approximate surface area is 113 Å². The predicted molar refractivity (Wildman–Crippen MR) is 69.0 cm³/mol. The van der Waals surface area contributed by atoms with Gasteiger partial charge in [0.2, 0.25) is 5.13 Å². The molecule has 1 N–H and O–H groups in total. The molecule has 2 atom stereocenters. The third-order valence-electron chi connectivity index (χ3n) is 3.88. The molecule has 3 heterocycles. The Morgan fingerprint density at radius 3 is 3.32 bits per heavy atom. The van der Waals surface area contributed by atoms with E-state index in [0.717, 1.165) is 18.1 Å². The molecule has 2 fully saturated rings. The molecule has 2 aromatic heterocycles. The van der Waals surface area contributed by atoms with Crippen LogP contribution in [0.5, 0.6) is 0 Å². The first-order valence-electron chi connectivity index (χ1n) is 6.14. The number of aromatic nitrogens is 2. The molecule has 2 aromatic rings. The zero-order valence-corrected chi connectivity index (χ0v) is 10.9. The number of carbonyl (C=O) groups is 1. The van der Waals surface area contributed by atoms with Gasteiger partial charge in [-0.1, -0.05) is 11.3 Å². The van der Waals surface area contributed by atoms with Crippen molar-refractivity contribution in [3.8, 4) is 0 Å². The van der Waals surface area contributed by atoms with Crippen molar-refractivity contribution >= 4 is 22.4 Å². The summed E-state index contributed by atoms with van der Waals surface area (Å²) in [6.45, 7) is 1.49. The SMILES string of the molecule is O=C(c1ccco1)N1C[C@@H]2C[C@@]2(Nc2nncs2)C1. The molecule has 0 radical (unpaired) electrons. The van der Waals surface area contributed by atoms with Gasteiger partial charge < -0.3 is 14.6 Å². The Balaban J connectivity index is 1.48. The fourth-order valence-corrected chi connectivity index (χ4v) is 3.38. The van der Waals surface area contributed by atoms with Gasteiger partial charge >= 0.3 is 0 Å². The van der Waals surface area contributed by atoms with Gasteiger partial charge in [0.15, 0.2) is 5.76 Å². The summed E-state index contributed by atoms with van der Waals surface area (Å²) in [4.78, 5) is 14.0. The van der Waals surface area contributed by atoms with Gasteiger partial charge in [0, 0.05) is 19.0 Å². The summed E-state index contributed by atoms with van der Waals surface area (Å²) in [6, 6.07) is 3.44. The number of fused-ring (bicyclic) bond motifs is 1. The Hall–Kier alpha value is -1.89. The number of carbonyl (C=O) groups excluding carboxylic acids is 1. The molecule has 1 saturated carbocycles. The molecule has 2 aliphatic rings. The zero-order chi connectivity index (χ0) is 12.9. The van der Waals surface area contributed by atoms with E-state index in [4.69, 9.17) is 4.42 Å². The summed E-state index contributed by atoms with van der Waals surface area (Å²) >= 11 is 1.49. The number of nitrogens with zero attached hydrogens (tertiary/aromatic N) is 3. The maximum absolute atomic E-state index is 12.2. The second-order valence-corrected chi connectivity index (χ2v) is 5.92. The highest BCUT2D eigenvalue weighted by Crippen LogP contribution is 2.51. The van der Waals surface area contributed by atoms with Crippen LogP contribution >= 0.6 is 11.3 Å². The second-order valence-electron chi connectivity index (χ2n) is 5.09. The molecule has 7 heteroatoms. The minimum Gasteiger partial charge on any atom is -0.459 e. The molecular weight excluding hydrogens is 264 g/mol. The number of hydrogen-bond donors (Lipinski definition) is 1. The summed E-state index contributed by atoms with van der Waals surface area (Å²) in [6.07, 6.45) is 2.62. The molecule has 6 nitrogen and oxygen atoms in total. The summed E-state index contributed by atoms with van der Waals surface area (Å²) in [7, 11) is 0. The maximum atomic E-state index is 12.2. The van der Waals surface area contributed by atoms with Crippen molar-refractivity contribution in [2.75, 3.05) is 18.4 Å². The molecule has 0 unspecified atom stereocenters. The molecule has 0 aromatic carbocycles. The minimum atomic E-state index is -0.0318. The number of anilines is 1. The summed E-state index contributed by atoms with van der Waals surface area (Å²) in [5.41, 5.74) is 1.71. The lowest BCUT2D eigenvalue weighted by Crippen LogP contribution is -2.36. The van der Waals surface area contributed by atoms with E-state index in [2.05, 4.69) is 15.5 Å². The van der Waals surface area contributed by atoms with Crippen LogP contribution in [0.3, 0.4) is 0 Å². The van der Waals surface area contributed by atoms with Gasteiger partial charge in [-0.25, -0.2) is 0 Å². The predicted octanol–water partition coefficient (Wildman–Crippen LogP) is 1.46. The fraction of sp³-hybridized carbons (Fsp3) is 0.417. The lowest BCUT2D eigenvalue weighted by atomic mass is 10.2.